The molecule has 0 spiro atoms. The van der Waals surface area contributed by atoms with Gasteiger partial charge in [0.1, 0.15) is 0 Å². The highest BCUT2D eigenvalue weighted by molar-refractivity contribution is 5.94. The summed E-state index contributed by atoms with van der Waals surface area (Å²) in [4.78, 5) is 22.2. The lowest BCUT2D eigenvalue weighted by Gasteiger charge is -2.05. The van der Waals surface area contributed by atoms with E-state index in [9.17, 15) is 9.59 Å². The van der Waals surface area contributed by atoms with E-state index in [0.29, 0.717) is 24.2 Å². The van der Waals surface area contributed by atoms with Crippen molar-refractivity contribution in [2.75, 3.05) is 12.3 Å². The normalized spacial score (nSPS) is 10.0. The van der Waals surface area contributed by atoms with Crippen molar-refractivity contribution in [3.63, 3.8) is 0 Å². The molecule has 98 valence electrons. The van der Waals surface area contributed by atoms with Gasteiger partial charge in [-0.3, -0.25) is 9.59 Å². The molecule has 1 aromatic carbocycles. The molecule has 1 rings (SSSR count). The monoisotopic (exact) mass is 249 g/mol. The average molecular weight is 249 g/mol. The van der Waals surface area contributed by atoms with Crippen molar-refractivity contribution in [1.29, 1.82) is 0 Å². The summed E-state index contributed by atoms with van der Waals surface area (Å²) in [5.41, 5.74) is 11.8. The Balaban J connectivity index is 2.17. The van der Waals surface area contributed by atoms with Gasteiger partial charge in [0.05, 0.1) is 0 Å². The second kappa shape index (κ2) is 7.32. The van der Waals surface area contributed by atoms with Crippen molar-refractivity contribution in [3.8, 4) is 0 Å². The van der Waals surface area contributed by atoms with Crippen LogP contribution >= 0.6 is 0 Å². The number of unbranched alkanes of at least 4 members (excludes halogenated alkanes) is 2. The number of hydrogen-bond acceptors (Lipinski definition) is 3. The van der Waals surface area contributed by atoms with Crippen LogP contribution in [0.25, 0.3) is 0 Å². The van der Waals surface area contributed by atoms with Crippen molar-refractivity contribution in [2.45, 2.75) is 25.7 Å². The lowest BCUT2D eigenvalue weighted by Crippen LogP contribution is -2.24. The van der Waals surface area contributed by atoms with Crippen LogP contribution in [-0.2, 0) is 4.79 Å². The number of hydrogen-bond donors (Lipinski definition) is 3. The number of carbonyl (C=O) groups excluding carboxylic acids is 2. The van der Waals surface area contributed by atoms with Gasteiger partial charge in [-0.2, -0.15) is 0 Å². The number of primary amides is 1. The van der Waals surface area contributed by atoms with Crippen molar-refractivity contribution in [3.05, 3.63) is 29.8 Å². The van der Waals surface area contributed by atoms with Crippen molar-refractivity contribution >= 4 is 17.5 Å². The quantitative estimate of drug-likeness (QED) is 0.497. The standard InChI is InChI=1S/C13H19N3O2/c14-11-7-5-10(6-8-11)13(18)16-9-3-1-2-4-12(15)17/h5-8H,1-4,9,14H2,(H2,15,17)(H,16,18). The Morgan fingerprint density at radius 1 is 1.06 bits per heavy atom. The molecule has 0 radical (unpaired) electrons. The van der Waals surface area contributed by atoms with Crippen molar-refractivity contribution < 1.29 is 9.59 Å². The topological polar surface area (TPSA) is 98.2 Å². The van der Waals surface area contributed by atoms with Gasteiger partial charge in [-0.15, -0.1) is 0 Å². The third kappa shape index (κ3) is 5.34. The summed E-state index contributed by atoms with van der Waals surface area (Å²) >= 11 is 0. The molecule has 0 heterocycles. The molecular formula is C13H19N3O2. The number of rotatable bonds is 7. The minimum absolute atomic E-state index is 0.107. The SMILES string of the molecule is NC(=O)CCCCCNC(=O)c1ccc(N)cc1. The number of amides is 2. The van der Waals surface area contributed by atoms with E-state index >= 15 is 0 Å². The molecule has 0 aliphatic heterocycles. The van der Waals surface area contributed by atoms with E-state index in [0.717, 1.165) is 19.3 Å². The van der Waals surface area contributed by atoms with Gasteiger partial charge < -0.3 is 16.8 Å². The first kappa shape index (κ1) is 14.0. The zero-order valence-electron chi connectivity index (χ0n) is 10.3. The molecule has 5 nitrogen and oxygen atoms in total. The molecule has 0 aromatic heterocycles. The third-order valence-corrected chi connectivity index (χ3v) is 2.56. The molecule has 5 N–H and O–H groups in total. The van der Waals surface area contributed by atoms with E-state index in [4.69, 9.17) is 11.5 Å². The number of carbonyl (C=O) groups is 2. The molecule has 0 bridgehead atoms. The molecular weight excluding hydrogens is 230 g/mol. The lowest BCUT2D eigenvalue weighted by atomic mass is 10.1. The number of nitrogens with two attached hydrogens (primary N) is 2. The maximum absolute atomic E-state index is 11.7. The van der Waals surface area contributed by atoms with Crippen LogP contribution in [0.5, 0.6) is 0 Å². The van der Waals surface area contributed by atoms with Gasteiger partial charge in [0.15, 0.2) is 0 Å². The number of nitrogen functional groups attached to an aromatic ring is 1. The highest BCUT2D eigenvalue weighted by Crippen LogP contribution is 2.05. The van der Waals surface area contributed by atoms with Crippen LogP contribution in [-0.4, -0.2) is 18.4 Å². The predicted octanol–water partition coefficient (Wildman–Crippen LogP) is 1.04. The van der Waals surface area contributed by atoms with Crippen LogP contribution in [0.2, 0.25) is 0 Å². The maximum atomic E-state index is 11.7. The summed E-state index contributed by atoms with van der Waals surface area (Å²) in [6, 6.07) is 6.78. The summed E-state index contributed by atoms with van der Waals surface area (Å²) in [5, 5.41) is 2.81. The summed E-state index contributed by atoms with van der Waals surface area (Å²) in [6.07, 6.45) is 2.90. The van der Waals surface area contributed by atoms with Crippen LogP contribution in [0.1, 0.15) is 36.0 Å². The highest BCUT2D eigenvalue weighted by atomic mass is 16.1. The molecule has 0 fully saturated rings. The zero-order chi connectivity index (χ0) is 13.4. The second-order valence-electron chi connectivity index (χ2n) is 4.15. The molecule has 0 saturated heterocycles. The van der Waals surface area contributed by atoms with Crippen LogP contribution < -0.4 is 16.8 Å². The average Bonchev–Trinajstić information content (AvgIpc) is 2.34. The van der Waals surface area contributed by atoms with Gasteiger partial charge >= 0.3 is 0 Å². The van der Waals surface area contributed by atoms with Crippen LogP contribution in [0, 0.1) is 0 Å². The van der Waals surface area contributed by atoms with E-state index in [-0.39, 0.29) is 11.8 Å². The Morgan fingerprint density at radius 3 is 2.33 bits per heavy atom. The molecule has 5 heteroatoms. The minimum Gasteiger partial charge on any atom is -0.399 e. The lowest BCUT2D eigenvalue weighted by molar-refractivity contribution is -0.118. The van der Waals surface area contributed by atoms with E-state index in [2.05, 4.69) is 5.32 Å². The van der Waals surface area contributed by atoms with Gasteiger partial charge in [0.25, 0.3) is 5.91 Å². The molecule has 0 unspecified atom stereocenters. The molecule has 2 amide bonds. The Morgan fingerprint density at radius 2 is 1.72 bits per heavy atom. The zero-order valence-corrected chi connectivity index (χ0v) is 10.3. The Kier molecular flexibility index (Phi) is 5.70. The van der Waals surface area contributed by atoms with Gasteiger partial charge in [-0.05, 0) is 37.1 Å². The number of benzene rings is 1. The fraction of sp³-hybridized carbons (Fsp3) is 0.385. The Bertz CT molecular complexity index is 401. The Hall–Kier alpha value is -2.04. The first-order valence-electron chi connectivity index (χ1n) is 6.01. The minimum atomic E-state index is -0.277. The Labute approximate surface area is 107 Å². The molecule has 18 heavy (non-hydrogen) atoms. The molecule has 0 aliphatic rings. The van der Waals surface area contributed by atoms with Crippen molar-refractivity contribution in [1.82, 2.24) is 5.32 Å². The summed E-state index contributed by atoms with van der Waals surface area (Å²) in [6.45, 7) is 0.599. The highest BCUT2D eigenvalue weighted by Gasteiger charge is 2.03. The predicted molar refractivity (Wildman–Crippen MR) is 70.9 cm³/mol. The van der Waals surface area contributed by atoms with Gasteiger partial charge in [0.2, 0.25) is 5.91 Å². The van der Waals surface area contributed by atoms with E-state index < -0.39 is 0 Å². The fourth-order valence-corrected chi connectivity index (χ4v) is 1.54. The van der Waals surface area contributed by atoms with Gasteiger partial charge in [-0.25, -0.2) is 0 Å². The second-order valence-corrected chi connectivity index (χ2v) is 4.15. The first-order valence-corrected chi connectivity index (χ1v) is 6.01. The number of anilines is 1. The molecule has 1 aromatic rings. The summed E-state index contributed by atoms with van der Waals surface area (Å²) < 4.78 is 0. The van der Waals surface area contributed by atoms with Crippen LogP contribution in [0.4, 0.5) is 5.69 Å². The van der Waals surface area contributed by atoms with Crippen LogP contribution in [0.3, 0.4) is 0 Å². The number of nitrogens with one attached hydrogen (secondary N) is 1. The van der Waals surface area contributed by atoms with E-state index in [1.807, 2.05) is 0 Å². The maximum Gasteiger partial charge on any atom is 0.251 e. The van der Waals surface area contributed by atoms with E-state index in [1.54, 1.807) is 24.3 Å². The summed E-state index contributed by atoms with van der Waals surface area (Å²) in [5.74, 6) is -0.384. The van der Waals surface area contributed by atoms with Crippen LogP contribution in [0.15, 0.2) is 24.3 Å². The largest absolute Gasteiger partial charge is 0.399 e. The van der Waals surface area contributed by atoms with Gasteiger partial charge in [-0.1, -0.05) is 6.42 Å². The third-order valence-electron chi connectivity index (χ3n) is 2.56. The summed E-state index contributed by atoms with van der Waals surface area (Å²) in [7, 11) is 0. The first-order chi connectivity index (χ1) is 8.59. The van der Waals surface area contributed by atoms with Gasteiger partial charge in [0, 0.05) is 24.2 Å². The molecule has 0 aliphatic carbocycles. The van der Waals surface area contributed by atoms with Crippen molar-refractivity contribution in [2.24, 2.45) is 5.73 Å². The molecule has 0 saturated carbocycles. The van der Waals surface area contributed by atoms with E-state index in [1.165, 1.54) is 0 Å². The molecule has 0 atom stereocenters. The smallest absolute Gasteiger partial charge is 0.251 e. The fourth-order valence-electron chi connectivity index (χ4n) is 1.54.